The van der Waals surface area contributed by atoms with Crippen LogP contribution in [0.5, 0.6) is 0 Å². The SMILES string of the molecule is C=C(c1cc(C(=C)N(C)C)c(CCl)c(C(=C)N(C)C)c1)N(C)C. The van der Waals surface area contributed by atoms with Gasteiger partial charge in [-0.15, -0.1) is 11.6 Å². The fourth-order valence-corrected chi connectivity index (χ4v) is 2.53. The molecule has 3 nitrogen and oxygen atoms in total. The Morgan fingerprint density at radius 3 is 1.39 bits per heavy atom. The van der Waals surface area contributed by atoms with E-state index in [4.69, 9.17) is 11.6 Å². The number of rotatable bonds is 7. The van der Waals surface area contributed by atoms with E-state index in [1.54, 1.807) is 0 Å². The van der Waals surface area contributed by atoms with Gasteiger partial charge >= 0.3 is 0 Å². The summed E-state index contributed by atoms with van der Waals surface area (Å²) in [5, 5.41) is 0. The first kappa shape index (κ1) is 19.2. The number of alkyl halides is 1. The van der Waals surface area contributed by atoms with Crippen molar-refractivity contribution in [3.8, 4) is 0 Å². The zero-order chi connectivity index (χ0) is 17.9. The first-order valence-electron chi connectivity index (χ1n) is 7.44. The van der Waals surface area contributed by atoms with Gasteiger partial charge in [0.2, 0.25) is 0 Å². The Morgan fingerprint density at radius 2 is 1.13 bits per heavy atom. The fourth-order valence-electron chi connectivity index (χ4n) is 2.24. The van der Waals surface area contributed by atoms with E-state index in [1.807, 2.05) is 57.0 Å². The van der Waals surface area contributed by atoms with Gasteiger partial charge in [-0.25, -0.2) is 0 Å². The monoisotopic (exact) mass is 333 g/mol. The van der Waals surface area contributed by atoms with Gasteiger partial charge in [0.05, 0.1) is 0 Å². The molecule has 0 fully saturated rings. The van der Waals surface area contributed by atoms with Crippen molar-refractivity contribution >= 4 is 28.7 Å². The maximum absolute atomic E-state index is 6.28. The minimum atomic E-state index is 0.402. The van der Waals surface area contributed by atoms with Gasteiger partial charge in [-0.2, -0.15) is 0 Å². The number of hydrogen-bond donors (Lipinski definition) is 0. The van der Waals surface area contributed by atoms with E-state index in [2.05, 4.69) is 31.9 Å². The number of nitrogens with zero attached hydrogens (tertiary/aromatic N) is 3. The van der Waals surface area contributed by atoms with Crippen LogP contribution >= 0.6 is 11.6 Å². The minimum Gasteiger partial charge on any atom is -0.378 e. The maximum Gasteiger partial charge on any atom is 0.0487 e. The summed E-state index contributed by atoms with van der Waals surface area (Å²) in [7, 11) is 11.9. The van der Waals surface area contributed by atoms with Crippen molar-refractivity contribution in [3.05, 3.63) is 54.1 Å². The number of halogens is 1. The van der Waals surface area contributed by atoms with E-state index < -0.39 is 0 Å². The summed E-state index contributed by atoms with van der Waals surface area (Å²) in [6.45, 7) is 12.6. The molecular weight excluding hydrogens is 306 g/mol. The van der Waals surface area contributed by atoms with Crippen molar-refractivity contribution in [2.24, 2.45) is 0 Å². The Balaban J connectivity index is 3.70. The van der Waals surface area contributed by atoms with Gasteiger partial charge in [-0.1, -0.05) is 19.7 Å². The van der Waals surface area contributed by atoms with Gasteiger partial charge in [-0.05, 0) is 23.3 Å². The summed E-state index contributed by atoms with van der Waals surface area (Å²) < 4.78 is 0. The van der Waals surface area contributed by atoms with Crippen LogP contribution in [0.25, 0.3) is 17.1 Å². The highest BCUT2D eigenvalue weighted by Gasteiger charge is 2.18. The van der Waals surface area contributed by atoms with Crippen LogP contribution in [0.15, 0.2) is 31.9 Å². The summed E-state index contributed by atoms with van der Waals surface area (Å²) in [6.07, 6.45) is 0. The van der Waals surface area contributed by atoms with Crippen molar-refractivity contribution in [3.63, 3.8) is 0 Å². The van der Waals surface area contributed by atoms with Crippen LogP contribution in [0.1, 0.15) is 22.3 Å². The number of benzene rings is 1. The lowest BCUT2D eigenvalue weighted by Crippen LogP contribution is -2.16. The van der Waals surface area contributed by atoms with E-state index in [1.165, 1.54) is 0 Å². The molecule has 0 aliphatic heterocycles. The molecule has 0 bridgehead atoms. The summed E-state index contributed by atoms with van der Waals surface area (Å²) in [6, 6.07) is 4.21. The second-order valence-corrected chi connectivity index (χ2v) is 6.47. The van der Waals surface area contributed by atoms with E-state index in [-0.39, 0.29) is 0 Å². The molecule has 0 aromatic heterocycles. The normalized spacial score (nSPS) is 10.2. The predicted octanol–water partition coefficient (Wildman–Crippen LogP) is 4.02. The third-order valence-electron chi connectivity index (χ3n) is 3.96. The molecule has 1 aromatic rings. The largest absolute Gasteiger partial charge is 0.378 e. The molecule has 0 heterocycles. The zero-order valence-electron chi connectivity index (χ0n) is 15.2. The first-order chi connectivity index (χ1) is 10.6. The highest BCUT2D eigenvalue weighted by atomic mass is 35.5. The summed E-state index contributed by atoms with van der Waals surface area (Å²) in [5.74, 6) is 0.402. The van der Waals surface area contributed by atoms with Crippen LogP contribution in [0, 0.1) is 0 Å². The second-order valence-electron chi connectivity index (χ2n) is 6.21. The van der Waals surface area contributed by atoms with Gasteiger partial charge in [0.1, 0.15) is 0 Å². The van der Waals surface area contributed by atoms with E-state index in [0.29, 0.717) is 5.88 Å². The molecule has 0 aliphatic carbocycles. The highest BCUT2D eigenvalue weighted by molar-refractivity contribution is 6.17. The Labute approximate surface area is 146 Å². The van der Waals surface area contributed by atoms with E-state index in [0.717, 1.165) is 39.3 Å². The van der Waals surface area contributed by atoms with Crippen LogP contribution in [0.2, 0.25) is 0 Å². The Bertz CT molecular complexity index is 586. The van der Waals surface area contributed by atoms with Crippen molar-refractivity contribution in [2.75, 3.05) is 42.3 Å². The molecule has 0 radical (unpaired) electrons. The molecule has 23 heavy (non-hydrogen) atoms. The maximum atomic E-state index is 6.28. The third kappa shape index (κ3) is 4.11. The third-order valence-corrected chi connectivity index (χ3v) is 4.23. The zero-order valence-corrected chi connectivity index (χ0v) is 16.0. The molecule has 0 unspecified atom stereocenters. The first-order valence-corrected chi connectivity index (χ1v) is 7.97. The molecule has 126 valence electrons. The lowest BCUT2D eigenvalue weighted by Gasteiger charge is -2.26. The smallest absolute Gasteiger partial charge is 0.0487 e. The van der Waals surface area contributed by atoms with Gasteiger partial charge in [0, 0.05) is 76.4 Å². The summed E-state index contributed by atoms with van der Waals surface area (Å²) in [4.78, 5) is 5.99. The molecule has 0 spiro atoms. The Morgan fingerprint density at radius 1 is 0.783 bits per heavy atom. The van der Waals surface area contributed by atoms with Crippen LogP contribution < -0.4 is 0 Å². The second kappa shape index (κ2) is 7.60. The average molecular weight is 334 g/mol. The minimum absolute atomic E-state index is 0.402. The summed E-state index contributed by atoms with van der Waals surface area (Å²) >= 11 is 6.28. The van der Waals surface area contributed by atoms with Crippen LogP contribution in [0.4, 0.5) is 0 Å². The van der Waals surface area contributed by atoms with Gasteiger partial charge < -0.3 is 14.7 Å². The number of hydrogen-bond acceptors (Lipinski definition) is 3. The molecule has 0 N–H and O–H groups in total. The standard InChI is InChI=1S/C19H28ClN3/c1-13(21(4)5)16-10-17(14(2)22(6)7)19(12-20)18(11-16)15(3)23(8)9/h10-11H,1-3,12H2,4-9H3. The van der Waals surface area contributed by atoms with Gasteiger partial charge in [0.15, 0.2) is 0 Å². The van der Waals surface area contributed by atoms with Crippen LogP contribution in [-0.4, -0.2) is 57.0 Å². The van der Waals surface area contributed by atoms with Gasteiger partial charge in [-0.3, -0.25) is 0 Å². The molecule has 1 aromatic carbocycles. The average Bonchev–Trinajstić information content (AvgIpc) is 2.50. The molecular formula is C19H28ClN3. The van der Waals surface area contributed by atoms with Crippen LogP contribution in [-0.2, 0) is 5.88 Å². The lowest BCUT2D eigenvalue weighted by molar-refractivity contribution is 0.586. The van der Waals surface area contributed by atoms with E-state index in [9.17, 15) is 0 Å². The predicted molar refractivity (Wildman–Crippen MR) is 104 cm³/mol. The molecule has 0 amide bonds. The van der Waals surface area contributed by atoms with Crippen molar-refractivity contribution in [1.82, 2.24) is 14.7 Å². The molecule has 0 aliphatic rings. The molecule has 0 saturated carbocycles. The van der Waals surface area contributed by atoms with Crippen molar-refractivity contribution < 1.29 is 0 Å². The Hall–Kier alpha value is -1.87. The lowest BCUT2D eigenvalue weighted by atomic mass is 9.93. The van der Waals surface area contributed by atoms with Crippen LogP contribution in [0.3, 0.4) is 0 Å². The topological polar surface area (TPSA) is 9.72 Å². The summed E-state index contributed by atoms with van der Waals surface area (Å²) in [5.41, 5.74) is 6.92. The van der Waals surface area contributed by atoms with Crippen molar-refractivity contribution in [2.45, 2.75) is 5.88 Å². The van der Waals surface area contributed by atoms with Crippen molar-refractivity contribution in [1.29, 1.82) is 0 Å². The molecule has 4 heteroatoms. The van der Waals surface area contributed by atoms with E-state index >= 15 is 0 Å². The molecule has 0 saturated heterocycles. The molecule has 1 rings (SSSR count). The highest BCUT2D eigenvalue weighted by Crippen LogP contribution is 2.33. The quantitative estimate of drug-likeness (QED) is 0.698. The van der Waals surface area contributed by atoms with Gasteiger partial charge in [0.25, 0.3) is 0 Å². The fraction of sp³-hybridized carbons (Fsp3) is 0.368. The Kier molecular flexibility index (Phi) is 6.34. The molecule has 0 atom stereocenters.